The molecule has 7 nitrogen and oxygen atoms in total. The maximum atomic E-state index is 12.1. The number of halogens is 1. The Morgan fingerprint density at radius 1 is 1.42 bits per heavy atom. The van der Waals surface area contributed by atoms with Gasteiger partial charge < -0.3 is 19.5 Å². The van der Waals surface area contributed by atoms with Crippen LogP contribution in [0.1, 0.15) is 11.7 Å². The fourth-order valence-electron chi connectivity index (χ4n) is 2.16. The Bertz CT molecular complexity index is 596. The van der Waals surface area contributed by atoms with Gasteiger partial charge in [-0.25, -0.2) is 4.79 Å². The van der Waals surface area contributed by atoms with Gasteiger partial charge in [0, 0.05) is 20.3 Å². The third-order valence-electron chi connectivity index (χ3n) is 3.28. The van der Waals surface area contributed by atoms with Crippen LogP contribution >= 0.6 is 15.9 Å². The van der Waals surface area contributed by atoms with Crippen LogP contribution < -0.4 is 11.2 Å². The average molecular weight is 335 g/mol. The van der Waals surface area contributed by atoms with Gasteiger partial charge in [-0.05, 0) is 0 Å². The topological polar surface area (TPSA) is 93.7 Å². The molecule has 8 heteroatoms. The largest absolute Gasteiger partial charge is 0.394 e. The molecule has 1 fully saturated rings. The predicted octanol–water partition coefficient (Wildman–Crippen LogP) is -1.36. The molecule has 106 valence electrons. The highest BCUT2D eigenvalue weighted by atomic mass is 79.9. The number of hydrogen-bond donors (Lipinski definition) is 2. The first-order chi connectivity index (χ1) is 8.88. The van der Waals surface area contributed by atoms with Gasteiger partial charge in [-0.2, -0.15) is 0 Å². The van der Waals surface area contributed by atoms with Crippen LogP contribution in [0.2, 0.25) is 0 Å². The zero-order chi connectivity index (χ0) is 14.3. The lowest BCUT2D eigenvalue weighted by Gasteiger charge is -2.15. The number of aliphatic hydroxyl groups is 2. The first-order valence-electron chi connectivity index (χ1n) is 5.73. The Morgan fingerprint density at radius 3 is 2.58 bits per heavy atom. The maximum absolute atomic E-state index is 12.1. The van der Waals surface area contributed by atoms with Gasteiger partial charge in [-0.15, -0.1) is 0 Å². The molecule has 0 aliphatic carbocycles. The lowest BCUT2D eigenvalue weighted by molar-refractivity contribution is -0.0231. The fraction of sp³-hybridized carbons (Fsp3) is 0.636. The van der Waals surface area contributed by atoms with E-state index in [1.165, 1.54) is 24.9 Å². The first kappa shape index (κ1) is 14.4. The molecule has 1 aromatic rings. The highest BCUT2D eigenvalue weighted by Gasteiger charge is 2.43. The quantitative estimate of drug-likeness (QED) is 0.651. The summed E-state index contributed by atoms with van der Waals surface area (Å²) < 4.78 is 7.74. The summed E-state index contributed by atoms with van der Waals surface area (Å²) in [5.74, 6) is 0. The van der Waals surface area contributed by atoms with E-state index in [0.717, 1.165) is 4.57 Å². The average Bonchev–Trinajstić information content (AvgIpc) is 2.68. The molecule has 1 aliphatic rings. The van der Waals surface area contributed by atoms with E-state index in [-0.39, 0.29) is 12.2 Å². The van der Waals surface area contributed by atoms with Crippen LogP contribution in [-0.2, 0) is 18.8 Å². The molecule has 1 aromatic heterocycles. The molecule has 4 atom stereocenters. The Labute approximate surface area is 117 Å². The molecule has 0 amide bonds. The molecule has 0 unspecified atom stereocenters. The number of ether oxygens (including phenoxy) is 1. The molecule has 0 saturated carbocycles. The van der Waals surface area contributed by atoms with Gasteiger partial charge in [-0.3, -0.25) is 9.36 Å². The second-order valence-electron chi connectivity index (χ2n) is 4.55. The number of rotatable bonds is 2. The molecular formula is C11H15BrN2O5. The number of hydrogen-bond acceptors (Lipinski definition) is 5. The Balaban J connectivity index is 2.50. The van der Waals surface area contributed by atoms with Crippen molar-refractivity contribution < 1.29 is 14.9 Å². The molecule has 0 radical (unpaired) electrons. The molecule has 0 aromatic carbocycles. The van der Waals surface area contributed by atoms with E-state index in [0.29, 0.717) is 0 Å². The standard InChI is InChI=1S/C11H15BrN2O5/c1-13-3-5(10(17)14(2)11(13)18)9-7(12)8(16)6(4-15)19-9/h3,6-9,15-16H,4H2,1-2H3/t6-,7-,8-,9+/m1/s1. The number of aromatic nitrogens is 2. The van der Waals surface area contributed by atoms with E-state index in [1.807, 2.05) is 0 Å². The van der Waals surface area contributed by atoms with Crippen LogP contribution in [0, 0.1) is 0 Å². The normalized spacial score (nSPS) is 30.8. The minimum atomic E-state index is -0.919. The molecule has 1 aliphatic heterocycles. The van der Waals surface area contributed by atoms with Crippen LogP contribution in [0.25, 0.3) is 0 Å². The SMILES string of the molecule is Cn1cc([C@@H]2O[C@H](CO)[C@@H](O)[C@H]2Br)c(=O)n(C)c1=O. The van der Waals surface area contributed by atoms with E-state index in [1.54, 1.807) is 0 Å². The molecule has 2 N–H and O–H groups in total. The Hall–Kier alpha value is -0.960. The third kappa shape index (κ3) is 2.29. The van der Waals surface area contributed by atoms with Crippen LogP contribution in [0.15, 0.2) is 15.8 Å². The summed E-state index contributed by atoms with van der Waals surface area (Å²) in [5, 5.41) is 19.0. The first-order valence-corrected chi connectivity index (χ1v) is 6.65. The number of aryl methyl sites for hydroxylation is 1. The van der Waals surface area contributed by atoms with E-state index in [2.05, 4.69) is 15.9 Å². The molecule has 2 rings (SSSR count). The zero-order valence-corrected chi connectivity index (χ0v) is 12.1. The van der Waals surface area contributed by atoms with Gasteiger partial charge >= 0.3 is 5.69 Å². The van der Waals surface area contributed by atoms with Crippen LogP contribution in [0.5, 0.6) is 0 Å². The second kappa shape index (κ2) is 5.20. The summed E-state index contributed by atoms with van der Waals surface area (Å²) in [4.78, 5) is 23.2. The van der Waals surface area contributed by atoms with E-state index in [4.69, 9.17) is 9.84 Å². The second-order valence-corrected chi connectivity index (χ2v) is 5.61. The van der Waals surface area contributed by atoms with Crippen molar-refractivity contribution >= 4 is 15.9 Å². The Kier molecular flexibility index (Phi) is 3.95. The van der Waals surface area contributed by atoms with Gasteiger partial charge in [-0.1, -0.05) is 15.9 Å². The van der Waals surface area contributed by atoms with E-state index in [9.17, 15) is 14.7 Å². The number of nitrogens with zero attached hydrogens (tertiary/aromatic N) is 2. The Morgan fingerprint density at radius 2 is 2.05 bits per heavy atom. The van der Waals surface area contributed by atoms with Crippen molar-refractivity contribution in [2.75, 3.05) is 6.61 Å². The van der Waals surface area contributed by atoms with Gasteiger partial charge in [0.05, 0.1) is 23.1 Å². The van der Waals surface area contributed by atoms with Crippen LogP contribution in [0.4, 0.5) is 0 Å². The van der Waals surface area contributed by atoms with Crippen molar-refractivity contribution in [2.24, 2.45) is 14.1 Å². The van der Waals surface area contributed by atoms with Crippen molar-refractivity contribution in [1.29, 1.82) is 0 Å². The van der Waals surface area contributed by atoms with E-state index >= 15 is 0 Å². The molecule has 0 spiro atoms. The summed E-state index contributed by atoms with van der Waals surface area (Å²) in [6, 6.07) is 0. The van der Waals surface area contributed by atoms with Crippen molar-refractivity contribution in [3.8, 4) is 0 Å². The van der Waals surface area contributed by atoms with Crippen LogP contribution in [0.3, 0.4) is 0 Å². The predicted molar refractivity (Wildman–Crippen MR) is 70.3 cm³/mol. The minimum absolute atomic E-state index is 0.265. The van der Waals surface area contributed by atoms with Gasteiger partial charge in [0.1, 0.15) is 12.2 Å². The summed E-state index contributed by atoms with van der Waals surface area (Å²) >= 11 is 3.27. The molecule has 19 heavy (non-hydrogen) atoms. The van der Waals surface area contributed by atoms with Crippen molar-refractivity contribution in [3.05, 3.63) is 32.6 Å². The van der Waals surface area contributed by atoms with Crippen molar-refractivity contribution in [3.63, 3.8) is 0 Å². The molecule has 1 saturated heterocycles. The van der Waals surface area contributed by atoms with Crippen LogP contribution in [-0.4, -0.2) is 43.0 Å². The number of alkyl halides is 1. The fourth-order valence-corrected chi connectivity index (χ4v) is 2.91. The molecular weight excluding hydrogens is 320 g/mol. The lowest BCUT2D eigenvalue weighted by atomic mass is 10.1. The van der Waals surface area contributed by atoms with Gasteiger partial charge in [0.2, 0.25) is 0 Å². The van der Waals surface area contributed by atoms with Gasteiger partial charge in [0.15, 0.2) is 0 Å². The zero-order valence-electron chi connectivity index (χ0n) is 10.5. The van der Waals surface area contributed by atoms with Crippen molar-refractivity contribution in [1.82, 2.24) is 9.13 Å². The molecule has 2 heterocycles. The summed E-state index contributed by atoms with van der Waals surface area (Å²) in [6.45, 7) is -0.341. The molecule has 0 bridgehead atoms. The van der Waals surface area contributed by atoms with E-state index < -0.39 is 34.4 Å². The summed E-state index contributed by atoms with van der Waals surface area (Å²) in [7, 11) is 2.91. The minimum Gasteiger partial charge on any atom is -0.394 e. The maximum Gasteiger partial charge on any atom is 0.330 e. The lowest BCUT2D eigenvalue weighted by Crippen LogP contribution is -2.40. The highest BCUT2D eigenvalue weighted by molar-refractivity contribution is 9.09. The third-order valence-corrected chi connectivity index (χ3v) is 4.30. The van der Waals surface area contributed by atoms with Gasteiger partial charge in [0.25, 0.3) is 5.56 Å². The highest BCUT2D eigenvalue weighted by Crippen LogP contribution is 2.36. The smallest absolute Gasteiger partial charge is 0.330 e. The summed E-state index contributed by atoms with van der Waals surface area (Å²) in [6.07, 6.45) is -0.985. The van der Waals surface area contributed by atoms with Crippen molar-refractivity contribution in [2.45, 2.75) is 23.1 Å². The number of aliphatic hydroxyl groups excluding tert-OH is 2. The summed E-state index contributed by atoms with van der Waals surface area (Å²) in [5.41, 5.74) is -0.637. The monoisotopic (exact) mass is 334 g/mol.